The fourth-order valence-electron chi connectivity index (χ4n) is 7.61. The maximum atomic E-state index is 4.86. The van der Waals surface area contributed by atoms with E-state index in [0.717, 1.165) is 22.9 Å². The van der Waals surface area contributed by atoms with E-state index in [-0.39, 0.29) is 0 Å². The molecule has 0 amide bonds. The fourth-order valence-corrected chi connectivity index (χ4v) is 14.2. The summed E-state index contributed by atoms with van der Waals surface area (Å²) in [6.07, 6.45) is 23.8. The van der Waals surface area contributed by atoms with Gasteiger partial charge in [-0.2, -0.15) is 8.75 Å². The first-order valence-corrected chi connectivity index (χ1v) is 25.2. The van der Waals surface area contributed by atoms with E-state index in [1.165, 1.54) is 186 Å². The molecule has 51 heavy (non-hydrogen) atoms. The van der Waals surface area contributed by atoms with Gasteiger partial charge in [0.1, 0.15) is 11.0 Å². The SMILES string of the molecule is CCCCCCC(CCCC)Cc1cc(-c2cc3c4nsnc4c4cc(-c5cc(CC(CCCC)CCCCCC)c(Br)s5)sc4c3s2)sc1Br. The highest BCUT2D eigenvalue weighted by molar-refractivity contribution is 9.11. The Balaban J connectivity index is 1.28. The lowest BCUT2D eigenvalue weighted by atomic mass is 9.90. The molecule has 5 heterocycles. The Morgan fingerprint density at radius 3 is 1.29 bits per heavy atom. The van der Waals surface area contributed by atoms with Gasteiger partial charge in [0.05, 0.1) is 28.7 Å². The molecule has 6 aromatic rings. The summed E-state index contributed by atoms with van der Waals surface area (Å²) in [7, 11) is 0. The van der Waals surface area contributed by atoms with Crippen molar-refractivity contribution in [2.45, 2.75) is 143 Å². The van der Waals surface area contributed by atoms with Crippen LogP contribution < -0.4 is 0 Å². The lowest BCUT2D eigenvalue weighted by molar-refractivity contribution is 0.410. The highest BCUT2D eigenvalue weighted by atomic mass is 79.9. The minimum absolute atomic E-state index is 0.777. The Morgan fingerprint density at radius 2 is 0.882 bits per heavy atom. The number of unbranched alkanes of at least 4 members (excludes halogenated alkanes) is 8. The molecule has 5 aromatic heterocycles. The Morgan fingerprint density at radius 1 is 0.490 bits per heavy atom. The summed E-state index contributed by atoms with van der Waals surface area (Å²) in [5, 5.41) is 2.52. The van der Waals surface area contributed by atoms with Gasteiger partial charge in [0.25, 0.3) is 0 Å². The van der Waals surface area contributed by atoms with E-state index < -0.39 is 0 Å². The summed E-state index contributed by atoms with van der Waals surface area (Å²) in [5.41, 5.74) is 5.11. The van der Waals surface area contributed by atoms with Crippen molar-refractivity contribution in [3.8, 4) is 19.5 Å². The molecule has 1 aromatic carbocycles. The van der Waals surface area contributed by atoms with E-state index in [0.29, 0.717) is 0 Å². The standard InChI is InChI=1S/C42H54Br2N2S5/c1-5-9-13-15-19-27(17-11-7-3)21-29-23-33(49-41(29)43)35-25-31-37-38(46-51-45-37)32-26-36(48-40(32)39(31)47-35)34-24-30(42(44)50-34)22-28(18-12-8-4)20-16-14-10-6-2/h23-28H,5-22H2,1-4H3. The van der Waals surface area contributed by atoms with Crippen LogP contribution in [0.15, 0.2) is 31.8 Å². The van der Waals surface area contributed by atoms with E-state index in [9.17, 15) is 0 Å². The molecule has 6 rings (SSSR count). The largest absolute Gasteiger partial charge is 0.172 e. The molecule has 0 fully saturated rings. The number of hydrogen-bond donors (Lipinski definition) is 0. The van der Waals surface area contributed by atoms with Crippen LogP contribution in [0.1, 0.15) is 142 Å². The van der Waals surface area contributed by atoms with Gasteiger partial charge in [0.2, 0.25) is 0 Å². The van der Waals surface area contributed by atoms with Gasteiger partial charge in [-0.3, -0.25) is 0 Å². The Bertz CT molecular complexity index is 1840. The quantitative estimate of drug-likeness (QED) is 0.0634. The van der Waals surface area contributed by atoms with Gasteiger partial charge in [0, 0.05) is 30.3 Å². The average Bonchev–Trinajstić information content (AvgIpc) is 3.96. The van der Waals surface area contributed by atoms with Crippen molar-refractivity contribution in [3.05, 3.63) is 43.0 Å². The van der Waals surface area contributed by atoms with Gasteiger partial charge in [0.15, 0.2) is 0 Å². The van der Waals surface area contributed by atoms with Gasteiger partial charge in [-0.15, -0.1) is 45.3 Å². The summed E-state index contributed by atoms with van der Waals surface area (Å²) >= 11 is 17.1. The highest BCUT2D eigenvalue weighted by Gasteiger charge is 2.22. The summed E-state index contributed by atoms with van der Waals surface area (Å²) in [5.74, 6) is 1.55. The molecule has 2 atom stereocenters. The number of thiophene rings is 4. The normalized spacial score (nSPS) is 13.4. The topological polar surface area (TPSA) is 25.8 Å². The smallest absolute Gasteiger partial charge is 0.114 e. The number of fused-ring (bicyclic) bond motifs is 6. The Kier molecular flexibility index (Phi) is 15.5. The zero-order valence-electron chi connectivity index (χ0n) is 30.9. The summed E-state index contributed by atoms with van der Waals surface area (Å²) in [6.45, 7) is 9.27. The van der Waals surface area contributed by atoms with Crippen molar-refractivity contribution in [2.24, 2.45) is 11.8 Å². The maximum absolute atomic E-state index is 4.86. The molecule has 0 saturated carbocycles. The predicted molar refractivity (Wildman–Crippen MR) is 241 cm³/mol. The number of rotatable bonds is 22. The van der Waals surface area contributed by atoms with Crippen LogP contribution in [0.5, 0.6) is 0 Å². The monoisotopic (exact) mass is 904 g/mol. The van der Waals surface area contributed by atoms with Gasteiger partial charge in [-0.25, -0.2) is 0 Å². The molecule has 0 aliphatic rings. The molecule has 0 spiro atoms. The maximum Gasteiger partial charge on any atom is 0.114 e. The van der Waals surface area contributed by atoms with Crippen molar-refractivity contribution < 1.29 is 0 Å². The number of hydrogen-bond acceptors (Lipinski definition) is 7. The van der Waals surface area contributed by atoms with E-state index >= 15 is 0 Å². The molecule has 0 aliphatic carbocycles. The Hall–Kier alpha value is -0.680. The highest BCUT2D eigenvalue weighted by Crippen LogP contribution is 2.50. The van der Waals surface area contributed by atoms with E-state index in [1.54, 1.807) is 0 Å². The van der Waals surface area contributed by atoms with Crippen molar-refractivity contribution in [3.63, 3.8) is 0 Å². The van der Waals surface area contributed by atoms with Gasteiger partial charge >= 0.3 is 0 Å². The first kappa shape index (κ1) is 40.0. The summed E-state index contributed by atoms with van der Waals surface area (Å²) in [4.78, 5) is 5.45. The van der Waals surface area contributed by atoms with Crippen LogP contribution in [0.4, 0.5) is 0 Å². The lowest BCUT2D eigenvalue weighted by Gasteiger charge is -2.16. The lowest BCUT2D eigenvalue weighted by Crippen LogP contribution is -2.05. The molecule has 0 saturated heterocycles. The third-order valence-electron chi connectivity index (χ3n) is 10.6. The molecule has 0 bridgehead atoms. The van der Waals surface area contributed by atoms with Crippen molar-refractivity contribution in [2.75, 3.05) is 0 Å². The molecule has 276 valence electrons. The van der Waals surface area contributed by atoms with Crippen LogP contribution in [0.3, 0.4) is 0 Å². The number of halogens is 2. The molecule has 2 unspecified atom stereocenters. The van der Waals surface area contributed by atoms with E-state index in [4.69, 9.17) is 8.75 Å². The molecule has 0 aliphatic heterocycles. The minimum Gasteiger partial charge on any atom is -0.172 e. The first-order valence-electron chi connectivity index (χ1n) is 19.6. The van der Waals surface area contributed by atoms with E-state index in [1.807, 2.05) is 45.3 Å². The average molecular weight is 907 g/mol. The minimum atomic E-state index is 0.777. The number of aromatic nitrogens is 2. The van der Waals surface area contributed by atoms with Crippen molar-refractivity contribution in [1.82, 2.24) is 8.75 Å². The summed E-state index contributed by atoms with van der Waals surface area (Å²) in [6, 6.07) is 9.78. The van der Waals surface area contributed by atoms with Gasteiger partial charge in [-0.05, 0) is 91.9 Å². The van der Waals surface area contributed by atoms with Crippen molar-refractivity contribution in [1.29, 1.82) is 0 Å². The molecular formula is C42H54Br2N2S5. The first-order chi connectivity index (χ1) is 24.9. The number of benzene rings is 1. The molecular weight excluding hydrogens is 853 g/mol. The van der Waals surface area contributed by atoms with E-state index in [2.05, 4.69) is 83.8 Å². The van der Waals surface area contributed by atoms with Crippen LogP contribution in [0.2, 0.25) is 0 Å². The second kappa shape index (κ2) is 19.8. The second-order valence-corrected chi connectivity index (χ2v) is 22.0. The molecule has 0 N–H and O–H groups in total. The van der Waals surface area contributed by atoms with Crippen LogP contribution in [0, 0.1) is 11.8 Å². The fraction of sp³-hybridized carbons (Fsp3) is 0.571. The van der Waals surface area contributed by atoms with Crippen LogP contribution in [-0.2, 0) is 12.8 Å². The van der Waals surface area contributed by atoms with Gasteiger partial charge < -0.3 is 0 Å². The molecule has 2 nitrogen and oxygen atoms in total. The third-order valence-corrected chi connectivity index (χ3v) is 17.8. The summed E-state index contributed by atoms with van der Waals surface area (Å²) < 4.78 is 15.1. The predicted octanol–water partition coefficient (Wildman–Crippen LogP) is 17.7. The number of nitrogens with zero attached hydrogens (tertiary/aromatic N) is 2. The zero-order chi connectivity index (χ0) is 35.7. The van der Waals surface area contributed by atoms with Crippen LogP contribution >= 0.6 is 88.9 Å². The third kappa shape index (κ3) is 9.96. The van der Waals surface area contributed by atoms with Crippen molar-refractivity contribution >= 4 is 120 Å². The Labute approximate surface area is 343 Å². The van der Waals surface area contributed by atoms with Crippen LogP contribution in [0.25, 0.3) is 50.7 Å². The molecule has 9 heteroatoms. The van der Waals surface area contributed by atoms with Gasteiger partial charge in [-0.1, -0.05) is 130 Å². The molecule has 0 radical (unpaired) electrons. The second-order valence-electron chi connectivity index (χ2n) is 14.6. The van der Waals surface area contributed by atoms with Crippen LogP contribution in [-0.4, -0.2) is 8.75 Å². The zero-order valence-corrected chi connectivity index (χ0v) is 38.1.